The Morgan fingerprint density at radius 2 is 2.18 bits per heavy atom. The first-order valence-electron chi connectivity index (χ1n) is 3.93. The summed E-state index contributed by atoms with van der Waals surface area (Å²) in [4.78, 5) is 12.6. The van der Waals surface area contributed by atoms with Gasteiger partial charge in [0.25, 0.3) is 0 Å². The number of aromatic hydroxyl groups is 1. The van der Waals surface area contributed by atoms with Gasteiger partial charge in [-0.3, -0.25) is 10.1 Å². The van der Waals surface area contributed by atoms with Crippen molar-refractivity contribution in [2.24, 2.45) is 0 Å². The molecule has 0 radical (unpaired) electrons. The molecule has 0 amide bonds. The first-order valence-corrected chi connectivity index (χ1v) is 4.46. The van der Waals surface area contributed by atoms with Crippen molar-refractivity contribution in [3.05, 3.63) is 21.9 Å². The predicted octanol–water partition coefficient (Wildman–Crippen LogP) is 2.33. The van der Waals surface area contributed by atoms with E-state index in [1.54, 1.807) is 0 Å². The minimum atomic E-state index is -5.06. The van der Waals surface area contributed by atoms with Crippen molar-refractivity contribution < 1.29 is 27.9 Å². The Morgan fingerprint density at radius 1 is 1.59 bits per heavy atom. The van der Waals surface area contributed by atoms with Gasteiger partial charge in [-0.15, -0.1) is 24.8 Å². The predicted molar refractivity (Wildman–Crippen MR) is 48.8 cm³/mol. The number of alkyl halides is 4. The number of nitro groups is 1. The van der Waals surface area contributed by atoms with Gasteiger partial charge in [-0.2, -0.15) is 0 Å². The van der Waals surface area contributed by atoms with Gasteiger partial charge in [0.2, 0.25) is 11.6 Å². The SMILES string of the molecule is O=[N+]([O-])c1c(O)cnc(OC(F)(F)F)c1CCl. The molecular weight excluding hydrogens is 269 g/mol. The lowest BCUT2D eigenvalue weighted by Gasteiger charge is -2.11. The fourth-order valence-corrected chi connectivity index (χ4v) is 1.28. The Kier molecular flexibility index (Phi) is 3.61. The highest BCUT2D eigenvalue weighted by Crippen LogP contribution is 2.37. The van der Waals surface area contributed by atoms with E-state index in [1.165, 1.54) is 0 Å². The number of ether oxygens (including phenoxy) is 1. The smallest absolute Gasteiger partial charge is 0.501 e. The zero-order valence-electron chi connectivity index (χ0n) is 7.86. The molecular formula is C7H4ClF3N2O4. The van der Waals surface area contributed by atoms with Gasteiger partial charge in [-0.1, -0.05) is 0 Å². The van der Waals surface area contributed by atoms with Crippen LogP contribution in [0.5, 0.6) is 11.6 Å². The second kappa shape index (κ2) is 4.62. The lowest BCUT2D eigenvalue weighted by atomic mass is 10.2. The standard InChI is InChI=1S/C7H4ClF3N2O4/c8-1-3-5(13(15)16)4(14)2-12-6(3)17-7(9,10)11/h2,14H,1H2. The fourth-order valence-electron chi connectivity index (χ4n) is 1.04. The molecule has 1 rings (SSSR count). The van der Waals surface area contributed by atoms with E-state index < -0.39 is 40.0 Å². The van der Waals surface area contributed by atoms with Crippen LogP contribution in [0.1, 0.15) is 5.56 Å². The van der Waals surface area contributed by atoms with Crippen molar-refractivity contribution in [1.29, 1.82) is 0 Å². The second-order valence-electron chi connectivity index (χ2n) is 2.71. The van der Waals surface area contributed by atoms with Gasteiger partial charge in [-0.05, 0) is 0 Å². The molecule has 0 aliphatic heterocycles. The van der Waals surface area contributed by atoms with Crippen molar-refractivity contribution in [2.45, 2.75) is 12.2 Å². The first kappa shape index (κ1) is 13.3. The summed E-state index contributed by atoms with van der Waals surface area (Å²) in [6.45, 7) is 0. The van der Waals surface area contributed by atoms with E-state index in [-0.39, 0.29) is 0 Å². The monoisotopic (exact) mass is 272 g/mol. The van der Waals surface area contributed by atoms with Crippen LogP contribution in [0.4, 0.5) is 18.9 Å². The number of pyridine rings is 1. The number of hydrogen-bond acceptors (Lipinski definition) is 5. The Hall–Kier alpha value is -1.77. The van der Waals surface area contributed by atoms with E-state index in [2.05, 4.69) is 9.72 Å². The highest BCUT2D eigenvalue weighted by atomic mass is 35.5. The zero-order valence-corrected chi connectivity index (χ0v) is 8.62. The average Bonchev–Trinajstić information content (AvgIpc) is 2.17. The number of nitrogens with zero attached hydrogens (tertiary/aromatic N) is 2. The van der Waals surface area contributed by atoms with Crippen LogP contribution in [0.15, 0.2) is 6.20 Å². The van der Waals surface area contributed by atoms with Crippen LogP contribution < -0.4 is 4.74 Å². The number of halogens is 4. The quantitative estimate of drug-likeness (QED) is 0.518. The van der Waals surface area contributed by atoms with Gasteiger partial charge in [0.1, 0.15) is 5.56 Å². The minimum absolute atomic E-state index is 0.481. The van der Waals surface area contributed by atoms with E-state index in [4.69, 9.17) is 16.7 Å². The van der Waals surface area contributed by atoms with Crippen molar-refractivity contribution in [3.8, 4) is 11.6 Å². The Bertz CT molecular complexity index is 451. The molecule has 0 aliphatic rings. The Balaban J connectivity index is 3.33. The molecule has 17 heavy (non-hydrogen) atoms. The Morgan fingerprint density at radius 3 is 2.59 bits per heavy atom. The maximum absolute atomic E-state index is 12.0. The average molecular weight is 273 g/mol. The maximum Gasteiger partial charge on any atom is 0.574 e. The van der Waals surface area contributed by atoms with Gasteiger partial charge < -0.3 is 9.84 Å². The molecule has 94 valence electrons. The van der Waals surface area contributed by atoms with Crippen LogP contribution in [0.2, 0.25) is 0 Å². The molecule has 0 aliphatic carbocycles. The fraction of sp³-hybridized carbons (Fsp3) is 0.286. The van der Waals surface area contributed by atoms with Gasteiger partial charge in [0.05, 0.1) is 17.0 Å². The van der Waals surface area contributed by atoms with Crippen LogP contribution in [0.25, 0.3) is 0 Å². The molecule has 1 aromatic heterocycles. The molecule has 1 heterocycles. The molecule has 0 aromatic carbocycles. The highest BCUT2D eigenvalue weighted by molar-refractivity contribution is 6.17. The highest BCUT2D eigenvalue weighted by Gasteiger charge is 2.35. The summed E-state index contributed by atoms with van der Waals surface area (Å²) in [6.07, 6.45) is -4.58. The first-order chi connectivity index (χ1) is 7.76. The Labute approximate surface area is 96.7 Å². The largest absolute Gasteiger partial charge is 0.574 e. The van der Waals surface area contributed by atoms with E-state index >= 15 is 0 Å². The van der Waals surface area contributed by atoms with E-state index in [1.807, 2.05) is 0 Å². The summed E-state index contributed by atoms with van der Waals surface area (Å²) in [7, 11) is 0. The summed E-state index contributed by atoms with van der Waals surface area (Å²) >= 11 is 5.28. The van der Waals surface area contributed by atoms with Crippen molar-refractivity contribution in [1.82, 2.24) is 4.98 Å². The molecule has 0 atom stereocenters. The maximum atomic E-state index is 12.0. The molecule has 0 bridgehead atoms. The summed E-state index contributed by atoms with van der Waals surface area (Å²) in [5.74, 6) is -2.61. The van der Waals surface area contributed by atoms with Gasteiger partial charge in [-0.25, -0.2) is 4.98 Å². The summed E-state index contributed by atoms with van der Waals surface area (Å²) in [6, 6.07) is 0. The molecule has 0 spiro atoms. The zero-order chi connectivity index (χ0) is 13.2. The van der Waals surface area contributed by atoms with Crippen LogP contribution in [0.3, 0.4) is 0 Å². The van der Waals surface area contributed by atoms with Gasteiger partial charge >= 0.3 is 12.0 Å². The van der Waals surface area contributed by atoms with Crippen molar-refractivity contribution in [3.63, 3.8) is 0 Å². The van der Waals surface area contributed by atoms with E-state index in [9.17, 15) is 23.3 Å². The summed E-state index contributed by atoms with van der Waals surface area (Å²) < 4.78 is 39.3. The number of hydrogen-bond donors (Lipinski definition) is 1. The molecule has 0 saturated heterocycles. The lowest BCUT2D eigenvalue weighted by molar-refractivity contribution is -0.386. The molecule has 10 heteroatoms. The lowest BCUT2D eigenvalue weighted by Crippen LogP contribution is -2.19. The molecule has 0 saturated carbocycles. The molecule has 0 unspecified atom stereocenters. The van der Waals surface area contributed by atoms with E-state index in [0.29, 0.717) is 6.20 Å². The molecule has 6 nitrogen and oxygen atoms in total. The number of rotatable bonds is 3. The molecule has 1 aromatic rings. The van der Waals surface area contributed by atoms with E-state index in [0.717, 1.165) is 0 Å². The van der Waals surface area contributed by atoms with Gasteiger partial charge in [0, 0.05) is 0 Å². The molecule has 1 N–H and O–H groups in total. The normalized spacial score (nSPS) is 11.3. The number of aromatic nitrogens is 1. The van der Waals surface area contributed by atoms with Crippen molar-refractivity contribution in [2.75, 3.05) is 0 Å². The topological polar surface area (TPSA) is 85.5 Å². The van der Waals surface area contributed by atoms with Gasteiger partial charge in [0.15, 0.2) is 0 Å². The third kappa shape index (κ3) is 3.09. The van der Waals surface area contributed by atoms with Crippen LogP contribution in [-0.4, -0.2) is 21.4 Å². The summed E-state index contributed by atoms with van der Waals surface area (Å²) in [5.41, 5.74) is -1.61. The third-order valence-electron chi connectivity index (χ3n) is 1.62. The van der Waals surface area contributed by atoms with Crippen LogP contribution in [-0.2, 0) is 5.88 Å². The summed E-state index contributed by atoms with van der Waals surface area (Å²) in [5, 5.41) is 19.7. The third-order valence-corrected chi connectivity index (χ3v) is 1.89. The van der Waals surface area contributed by atoms with Crippen LogP contribution >= 0.6 is 11.6 Å². The molecule has 0 fully saturated rings. The van der Waals surface area contributed by atoms with Crippen molar-refractivity contribution >= 4 is 17.3 Å². The second-order valence-corrected chi connectivity index (χ2v) is 2.98. The minimum Gasteiger partial charge on any atom is -0.501 e. The van der Waals surface area contributed by atoms with Crippen LogP contribution in [0, 0.1) is 10.1 Å².